The number of carbonyl (C=O) groups is 2. The van der Waals surface area contributed by atoms with Crippen LogP contribution in [0.4, 0.5) is 5.69 Å². The van der Waals surface area contributed by atoms with Gasteiger partial charge in [0.2, 0.25) is 11.8 Å². The van der Waals surface area contributed by atoms with Gasteiger partial charge in [0.1, 0.15) is 18.3 Å². The molecule has 4 rings (SSSR count). The number of amides is 2. The normalized spacial score (nSPS) is 14.4. The summed E-state index contributed by atoms with van der Waals surface area (Å²) in [6, 6.07) is 21.6. The minimum absolute atomic E-state index is 0.0149. The zero-order valence-electron chi connectivity index (χ0n) is 25.5. The van der Waals surface area contributed by atoms with Crippen LogP contribution in [0.15, 0.2) is 83.8 Å². The number of nitrogens with zero attached hydrogens (tertiary/aromatic N) is 2. The standard InChI is InChI=1S/C34H42ClN3O5S/c1-3-30(34(40)36-28-15-9-6-10-16-28)37(24-23-26-13-7-5-8-14-26)33(39)25-38(31-17-11-12-18-32(31)43-4-2)44(41,42)29-21-19-27(35)20-22-29/h5,7-8,11-14,17-22,28,30H,3-4,6,9-10,15-16,23-25H2,1-2H3,(H,36,40)/t30-/m1/s1. The van der Waals surface area contributed by atoms with Crippen LogP contribution in [0.2, 0.25) is 5.02 Å². The Morgan fingerprint density at radius 2 is 1.59 bits per heavy atom. The molecule has 236 valence electrons. The van der Waals surface area contributed by atoms with Crippen molar-refractivity contribution in [2.24, 2.45) is 0 Å². The molecule has 0 spiro atoms. The van der Waals surface area contributed by atoms with E-state index in [0.29, 0.717) is 30.2 Å². The predicted octanol–water partition coefficient (Wildman–Crippen LogP) is 6.23. The average Bonchev–Trinajstić information content (AvgIpc) is 3.03. The molecule has 1 atom stereocenters. The Bertz CT molecular complexity index is 1480. The lowest BCUT2D eigenvalue weighted by molar-refractivity contribution is -0.140. The molecule has 44 heavy (non-hydrogen) atoms. The number of rotatable bonds is 14. The van der Waals surface area contributed by atoms with Crippen LogP contribution in [0.3, 0.4) is 0 Å². The lowest BCUT2D eigenvalue weighted by Gasteiger charge is -2.34. The summed E-state index contributed by atoms with van der Waals surface area (Å²) in [5.74, 6) is -0.351. The van der Waals surface area contributed by atoms with E-state index in [4.69, 9.17) is 16.3 Å². The largest absolute Gasteiger partial charge is 0.492 e. The number of benzene rings is 3. The first-order chi connectivity index (χ1) is 21.2. The van der Waals surface area contributed by atoms with Crippen molar-refractivity contribution >= 4 is 39.1 Å². The molecule has 1 saturated carbocycles. The molecule has 0 aromatic heterocycles. The first-order valence-electron chi connectivity index (χ1n) is 15.4. The molecule has 8 nitrogen and oxygen atoms in total. The highest BCUT2D eigenvalue weighted by molar-refractivity contribution is 7.92. The highest BCUT2D eigenvalue weighted by Crippen LogP contribution is 2.33. The third-order valence-electron chi connectivity index (χ3n) is 7.94. The van der Waals surface area contributed by atoms with Gasteiger partial charge < -0.3 is 15.0 Å². The molecule has 1 fully saturated rings. The molecule has 0 aliphatic heterocycles. The van der Waals surface area contributed by atoms with Gasteiger partial charge >= 0.3 is 0 Å². The Kier molecular flexibility index (Phi) is 12.1. The van der Waals surface area contributed by atoms with Gasteiger partial charge in [0, 0.05) is 17.6 Å². The molecule has 0 bridgehead atoms. The summed E-state index contributed by atoms with van der Waals surface area (Å²) in [6.07, 6.45) is 6.03. The average molecular weight is 640 g/mol. The van der Waals surface area contributed by atoms with Gasteiger partial charge in [-0.05, 0) is 74.6 Å². The van der Waals surface area contributed by atoms with Crippen LogP contribution in [-0.2, 0) is 26.0 Å². The molecule has 0 heterocycles. The number of hydrogen-bond acceptors (Lipinski definition) is 5. The molecular formula is C34H42ClN3O5S. The van der Waals surface area contributed by atoms with Crippen molar-refractivity contribution in [3.8, 4) is 5.75 Å². The maximum absolute atomic E-state index is 14.3. The quantitative estimate of drug-likeness (QED) is 0.226. The van der Waals surface area contributed by atoms with Crippen LogP contribution in [-0.4, -0.2) is 56.9 Å². The van der Waals surface area contributed by atoms with E-state index in [1.165, 1.54) is 24.3 Å². The van der Waals surface area contributed by atoms with Gasteiger partial charge in [0.05, 0.1) is 17.2 Å². The zero-order valence-corrected chi connectivity index (χ0v) is 27.0. The van der Waals surface area contributed by atoms with E-state index in [2.05, 4.69) is 5.32 Å². The first kappa shape index (κ1) is 33.3. The zero-order chi connectivity index (χ0) is 31.5. The lowest BCUT2D eigenvalue weighted by atomic mass is 9.95. The summed E-state index contributed by atoms with van der Waals surface area (Å²) in [6.45, 7) is 3.73. The molecule has 3 aromatic carbocycles. The minimum atomic E-state index is -4.24. The Morgan fingerprint density at radius 1 is 0.932 bits per heavy atom. The van der Waals surface area contributed by atoms with Crippen molar-refractivity contribution in [3.63, 3.8) is 0 Å². The van der Waals surface area contributed by atoms with Gasteiger partial charge in [0.25, 0.3) is 10.0 Å². The van der Waals surface area contributed by atoms with Crippen molar-refractivity contribution in [1.82, 2.24) is 10.2 Å². The van der Waals surface area contributed by atoms with E-state index >= 15 is 0 Å². The van der Waals surface area contributed by atoms with Gasteiger partial charge in [0.15, 0.2) is 0 Å². The number of hydrogen-bond donors (Lipinski definition) is 1. The maximum atomic E-state index is 14.3. The van der Waals surface area contributed by atoms with Crippen LogP contribution >= 0.6 is 11.6 Å². The topological polar surface area (TPSA) is 96.0 Å². The minimum Gasteiger partial charge on any atom is -0.492 e. The summed E-state index contributed by atoms with van der Waals surface area (Å²) in [4.78, 5) is 29.5. The van der Waals surface area contributed by atoms with E-state index in [-0.39, 0.29) is 29.1 Å². The molecule has 2 amide bonds. The van der Waals surface area contributed by atoms with E-state index in [1.807, 2.05) is 44.2 Å². The molecule has 0 unspecified atom stereocenters. The molecular weight excluding hydrogens is 598 g/mol. The molecule has 3 aromatic rings. The van der Waals surface area contributed by atoms with Crippen LogP contribution < -0.4 is 14.4 Å². The molecule has 0 radical (unpaired) electrons. The van der Waals surface area contributed by atoms with E-state index in [9.17, 15) is 18.0 Å². The SMILES string of the molecule is CCOc1ccccc1N(CC(=O)N(CCc1ccccc1)[C@H](CC)C(=O)NC1CCCCC1)S(=O)(=O)c1ccc(Cl)cc1. The van der Waals surface area contributed by atoms with Crippen molar-refractivity contribution in [1.29, 1.82) is 0 Å². The van der Waals surface area contributed by atoms with Crippen LogP contribution in [0, 0.1) is 0 Å². The summed E-state index contributed by atoms with van der Waals surface area (Å²) in [5.41, 5.74) is 1.25. The van der Waals surface area contributed by atoms with E-state index < -0.39 is 28.5 Å². The van der Waals surface area contributed by atoms with Gasteiger partial charge in [-0.25, -0.2) is 8.42 Å². The van der Waals surface area contributed by atoms with Crippen LogP contribution in [0.25, 0.3) is 0 Å². The fourth-order valence-electron chi connectivity index (χ4n) is 5.63. The molecule has 1 aliphatic carbocycles. The number of sulfonamides is 1. The Labute approximate surface area is 266 Å². The summed E-state index contributed by atoms with van der Waals surface area (Å²) in [7, 11) is -4.24. The van der Waals surface area contributed by atoms with Gasteiger partial charge in [-0.1, -0.05) is 80.3 Å². The number of anilines is 1. The van der Waals surface area contributed by atoms with E-state index in [1.54, 1.807) is 29.2 Å². The Morgan fingerprint density at radius 3 is 2.25 bits per heavy atom. The fourth-order valence-corrected chi connectivity index (χ4v) is 7.18. The third-order valence-corrected chi connectivity index (χ3v) is 9.96. The van der Waals surface area contributed by atoms with Gasteiger partial charge in [-0.2, -0.15) is 0 Å². The lowest BCUT2D eigenvalue weighted by Crippen LogP contribution is -2.54. The summed E-state index contributed by atoms with van der Waals surface area (Å²) < 4.78 is 35.2. The highest BCUT2D eigenvalue weighted by Gasteiger charge is 2.35. The second-order valence-corrected chi connectivity index (χ2v) is 13.3. The number of ether oxygens (including phenoxy) is 1. The Balaban J connectivity index is 1.70. The smallest absolute Gasteiger partial charge is 0.264 e. The van der Waals surface area contributed by atoms with Gasteiger partial charge in [-0.3, -0.25) is 13.9 Å². The number of nitrogens with one attached hydrogen (secondary N) is 1. The van der Waals surface area contributed by atoms with Crippen molar-refractivity contribution < 1.29 is 22.7 Å². The monoisotopic (exact) mass is 639 g/mol. The Hall–Kier alpha value is -3.56. The van der Waals surface area contributed by atoms with Crippen LogP contribution in [0.1, 0.15) is 57.9 Å². The highest BCUT2D eigenvalue weighted by atomic mass is 35.5. The maximum Gasteiger partial charge on any atom is 0.264 e. The van der Waals surface area contributed by atoms with E-state index in [0.717, 1.165) is 42.0 Å². The third kappa shape index (κ3) is 8.54. The number of carbonyl (C=O) groups excluding carboxylic acids is 2. The molecule has 1 N–H and O–H groups in total. The van der Waals surface area contributed by atoms with Crippen molar-refractivity contribution in [3.05, 3.63) is 89.4 Å². The van der Waals surface area contributed by atoms with Gasteiger partial charge in [-0.15, -0.1) is 0 Å². The summed E-state index contributed by atoms with van der Waals surface area (Å²) in [5, 5.41) is 3.57. The molecule has 0 saturated heterocycles. The summed E-state index contributed by atoms with van der Waals surface area (Å²) >= 11 is 6.06. The van der Waals surface area contributed by atoms with Crippen LogP contribution in [0.5, 0.6) is 5.75 Å². The molecule has 10 heteroatoms. The first-order valence-corrected chi connectivity index (χ1v) is 17.2. The second-order valence-electron chi connectivity index (χ2n) is 11.0. The fraction of sp³-hybridized carbons (Fsp3) is 0.412. The second kappa shape index (κ2) is 16.0. The molecule has 1 aliphatic rings. The number of halogens is 1. The predicted molar refractivity (Wildman–Crippen MR) is 175 cm³/mol. The van der Waals surface area contributed by atoms with Crippen molar-refractivity contribution in [2.45, 2.75) is 75.8 Å². The number of para-hydroxylation sites is 2. The van der Waals surface area contributed by atoms with Crippen molar-refractivity contribution in [2.75, 3.05) is 24.0 Å².